The van der Waals surface area contributed by atoms with Gasteiger partial charge in [0.25, 0.3) is 0 Å². The van der Waals surface area contributed by atoms with E-state index in [1.54, 1.807) is 0 Å². The zero-order valence-corrected chi connectivity index (χ0v) is 11.3. The van der Waals surface area contributed by atoms with Gasteiger partial charge in [-0.25, -0.2) is 0 Å². The fourth-order valence-electron chi connectivity index (χ4n) is 2.65. The van der Waals surface area contributed by atoms with Gasteiger partial charge in [0, 0.05) is 31.6 Å². The lowest BCUT2D eigenvalue weighted by atomic mass is 10.1. The van der Waals surface area contributed by atoms with Gasteiger partial charge in [0.05, 0.1) is 0 Å². The predicted octanol–water partition coefficient (Wildman–Crippen LogP) is 3.59. The van der Waals surface area contributed by atoms with Crippen molar-refractivity contribution in [3.05, 3.63) is 29.8 Å². The maximum absolute atomic E-state index is 11.3. The van der Waals surface area contributed by atoms with Gasteiger partial charge in [-0.3, -0.25) is 4.79 Å². The highest BCUT2D eigenvalue weighted by Gasteiger charge is 2.14. The molecule has 18 heavy (non-hydrogen) atoms. The van der Waals surface area contributed by atoms with Crippen LogP contribution < -0.4 is 4.90 Å². The SMILES string of the molecule is CCC(=O)CCCN1CCCCc2ccccc21. The van der Waals surface area contributed by atoms with E-state index in [0.29, 0.717) is 12.2 Å². The van der Waals surface area contributed by atoms with Gasteiger partial charge in [0.15, 0.2) is 0 Å². The summed E-state index contributed by atoms with van der Waals surface area (Å²) in [4.78, 5) is 13.8. The minimum atomic E-state index is 0.387. The Hall–Kier alpha value is -1.31. The third-order valence-corrected chi connectivity index (χ3v) is 3.73. The second kappa shape index (κ2) is 6.58. The van der Waals surface area contributed by atoms with Gasteiger partial charge in [-0.1, -0.05) is 25.1 Å². The summed E-state index contributed by atoms with van der Waals surface area (Å²) < 4.78 is 0. The monoisotopic (exact) mass is 245 g/mol. The van der Waals surface area contributed by atoms with Crippen LogP contribution in [-0.2, 0) is 11.2 Å². The minimum absolute atomic E-state index is 0.387. The maximum atomic E-state index is 11.3. The predicted molar refractivity (Wildman–Crippen MR) is 76.1 cm³/mol. The van der Waals surface area contributed by atoms with E-state index in [1.165, 1.54) is 30.5 Å². The number of fused-ring (bicyclic) bond motifs is 1. The number of anilines is 1. The van der Waals surface area contributed by atoms with E-state index in [-0.39, 0.29) is 0 Å². The van der Waals surface area contributed by atoms with Crippen molar-refractivity contribution in [2.45, 2.75) is 45.4 Å². The van der Waals surface area contributed by atoms with Crippen LogP contribution in [0.3, 0.4) is 0 Å². The Balaban J connectivity index is 1.97. The maximum Gasteiger partial charge on any atom is 0.132 e. The third-order valence-electron chi connectivity index (χ3n) is 3.73. The summed E-state index contributed by atoms with van der Waals surface area (Å²) in [5.74, 6) is 0.387. The van der Waals surface area contributed by atoms with Crippen molar-refractivity contribution < 1.29 is 4.79 Å². The zero-order chi connectivity index (χ0) is 12.8. The van der Waals surface area contributed by atoms with Crippen LogP contribution in [0.2, 0.25) is 0 Å². The van der Waals surface area contributed by atoms with Gasteiger partial charge >= 0.3 is 0 Å². The molecule has 0 radical (unpaired) electrons. The molecule has 2 rings (SSSR count). The molecular weight excluding hydrogens is 222 g/mol. The molecule has 0 unspecified atom stereocenters. The number of Topliss-reactive ketones (excluding diaryl/α,β-unsaturated/α-hetero) is 1. The second-order valence-electron chi connectivity index (χ2n) is 5.07. The van der Waals surface area contributed by atoms with E-state index < -0.39 is 0 Å². The number of hydrogen-bond donors (Lipinski definition) is 0. The molecule has 0 fully saturated rings. The van der Waals surface area contributed by atoms with Crippen LogP contribution in [0.5, 0.6) is 0 Å². The van der Waals surface area contributed by atoms with Gasteiger partial charge in [-0.05, 0) is 37.3 Å². The molecule has 1 aliphatic rings. The van der Waals surface area contributed by atoms with Gasteiger partial charge in [0.1, 0.15) is 5.78 Å². The zero-order valence-electron chi connectivity index (χ0n) is 11.3. The Morgan fingerprint density at radius 3 is 2.94 bits per heavy atom. The number of carbonyl (C=O) groups excluding carboxylic acids is 1. The number of nitrogens with zero attached hydrogens (tertiary/aromatic N) is 1. The van der Waals surface area contributed by atoms with Crippen molar-refractivity contribution in [3.63, 3.8) is 0 Å². The molecule has 1 aromatic rings. The molecule has 1 aliphatic heterocycles. The molecule has 98 valence electrons. The largest absolute Gasteiger partial charge is 0.371 e. The number of ketones is 1. The van der Waals surface area contributed by atoms with Crippen LogP contribution in [0.25, 0.3) is 0 Å². The van der Waals surface area contributed by atoms with Crippen molar-refractivity contribution >= 4 is 11.5 Å². The molecule has 0 spiro atoms. The lowest BCUT2D eigenvalue weighted by Crippen LogP contribution is -2.25. The molecule has 2 heteroatoms. The molecule has 1 aromatic carbocycles. The van der Waals surface area contributed by atoms with Gasteiger partial charge in [-0.2, -0.15) is 0 Å². The number of aryl methyl sites for hydroxylation is 1. The van der Waals surface area contributed by atoms with Crippen LogP contribution in [0.4, 0.5) is 5.69 Å². The number of rotatable bonds is 5. The Labute approximate surface area is 110 Å². The Kier molecular flexibility index (Phi) is 4.80. The van der Waals surface area contributed by atoms with Crippen LogP contribution in [0.1, 0.15) is 44.6 Å². The number of carbonyl (C=O) groups is 1. The van der Waals surface area contributed by atoms with Gasteiger partial charge in [0.2, 0.25) is 0 Å². The molecule has 0 saturated carbocycles. The lowest BCUT2D eigenvalue weighted by molar-refractivity contribution is -0.118. The van der Waals surface area contributed by atoms with E-state index in [9.17, 15) is 4.79 Å². The normalized spacial score (nSPS) is 15.1. The Morgan fingerprint density at radius 2 is 2.11 bits per heavy atom. The molecule has 1 heterocycles. The summed E-state index contributed by atoms with van der Waals surface area (Å²) in [5, 5.41) is 0. The topological polar surface area (TPSA) is 20.3 Å². The second-order valence-corrected chi connectivity index (χ2v) is 5.07. The standard InChI is InChI=1S/C16H23NO/c1-2-15(18)10-7-13-17-12-6-5-9-14-8-3-4-11-16(14)17/h3-4,8,11H,2,5-7,9-10,12-13H2,1H3. The van der Waals surface area contributed by atoms with Crippen LogP contribution >= 0.6 is 0 Å². The Bertz CT molecular complexity index is 400. The fourth-order valence-corrected chi connectivity index (χ4v) is 2.65. The molecule has 2 nitrogen and oxygen atoms in total. The first-order valence-corrected chi connectivity index (χ1v) is 7.16. The summed E-state index contributed by atoms with van der Waals surface area (Å²) in [6, 6.07) is 8.71. The van der Waals surface area contributed by atoms with Gasteiger partial charge < -0.3 is 4.90 Å². The van der Waals surface area contributed by atoms with E-state index in [4.69, 9.17) is 0 Å². The van der Waals surface area contributed by atoms with Crippen molar-refractivity contribution in [1.82, 2.24) is 0 Å². The summed E-state index contributed by atoms with van der Waals surface area (Å²) in [7, 11) is 0. The van der Waals surface area contributed by atoms with Gasteiger partial charge in [-0.15, -0.1) is 0 Å². The molecule has 0 aromatic heterocycles. The fraction of sp³-hybridized carbons (Fsp3) is 0.562. The highest BCUT2D eigenvalue weighted by Crippen LogP contribution is 2.26. The van der Waals surface area contributed by atoms with Crippen molar-refractivity contribution in [3.8, 4) is 0 Å². The first-order valence-electron chi connectivity index (χ1n) is 7.16. The molecule has 0 aliphatic carbocycles. The molecule has 0 N–H and O–H groups in total. The highest BCUT2D eigenvalue weighted by molar-refractivity contribution is 5.78. The minimum Gasteiger partial charge on any atom is -0.371 e. The lowest BCUT2D eigenvalue weighted by Gasteiger charge is -2.24. The molecule has 0 bridgehead atoms. The first-order chi connectivity index (χ1) is 8.81. The summed E-state index contributed by atoms with van der Waals surface area (Å²) >= 11 is 0. The molecule has 0 amide bonds. The molecular formula is C16H23NO. The summed E-state index contributed by atoms with van der Waals surface area (Å²) in [6.07, 6.45) is 6.13. The van der Waals surface area contributed by atoms with Crippen LogP contribution in [0, 0.1) is 0 Å². The van der Waals surface area contributed by atoms with Crippen molar-refractivity contribution in [2.24, 2.45) is 0 Å². The molecule has 0 saturated heterocycles. The van der Waals surface area contributed by atoms with Crippen molar-refractivity contribution in [2.75, 3.05) is 18.0 Å². The smallest absolute Gasteiger partial charge is 0.132 e. The van der Waals surface area contributed by atoms with Crippen molar-refractivity contribution in [1.29, 1.82) is 0 Å². The summed E-state index contributed by atoms with van der Waals surface area (Å²) in [5.41, 5.74) is 2.86. The van der Waals surface area contributed by atoms with Crippen LogP contribution in [-0.4, -0.2) is 18.9 Å². The quantitative estimate of drug-likeness (QED) is 0.790. The van der Waals surface area contributed by atoms with E-state index in [1.807, 2.05) is 6.92 Å². The summed E-state index contributed by atoms with van der Waals surface area (Å²) in [6.45, 7) is 4.10. The third kappa shape index (κ3) is 3.34. The average Bonchev–Trinajstić information content (AvgIpc) is 2.61. The van der Waals surface area contributed by atoms with E-state index in [2.05, 4.69) is 29.2 Å². The number of para-hydroxylation sites is 1. The average molecular weight is 245 g/mol. The Morgan fingerprint density at radius 1 is 1.28 bits per heavy atom. The number of benzene rings is 1. The highest BCUT2D eigenvalue weighted by atomic mass is 16.1. The first kappa shape index (κ1) is 13.1. The van der Waals surface area contributed by atoms with Crippen LogP contribution in [0.15, 0.2) is 24.3 Å². The van der Waals surface area contributed by atoms with E-state index >= 15 is 0 Å². The van der Waals surface area contributed by atoms with E-state index in [0.717, 1.165) is 25.9 Å². The number of hydrogen-bond acceptors (Lipinski definition) is 2. The molecule has 0 atom stereocenters.